The molecule has 0 fully saturated rings. The number of Topliss-reactive ketones (excluding diaryl/α,β-unsaturated/α-hetero) is 1. The lowest BCUT2D eigenvalue weighted by atomic mass is 9.84. The van der Waals surface area contributed by atoms with Crippen LogP contribution in [0, 0.1) is 5.41 Å². The van der Waals surface area contributed by atoms with Gasteiger partial charge in [-0.05, 0) is 35.2 Å². The van der Waals surface area contributed by atoms with Gasteiger partial charge in [-0.2, -0.15) is 0 Å². The highest BCUT2D eigenvalue weighted by atomic mass is 16.5. The zero-order valence-electron chi connectivity index (χ0n) is 21.0. The molecule has 1 aliphatic rings. The van der Waals surface area contributed by atoms with Crippen LogP contribution in [0.4, 0.5) is 5.69 Å². The number of aromatic nitrogens is 2. The van der Waals surface area contributed by atoms with Crippen molar-refractivity contribution in [1.82, 2.24) is 9.13 Å². The van der Waals surface area contributed by atoms with Gasteiger partial charge < -0.3 is 18.8 Å². The topological polar surface area (TPSA) is 80.3 Å². The highest BCUT2D eigenvalue weighted by Crippen LogP contribution is 2.41. The van der Waals surface area contributed by atoms with Crippen LogP contribution in [0.25, 0.3) is 11.0 Å². The first kappa shape index (κ1) is 23.6. The molecule has 5 rings (SSSR count). The largest absolute Gasteiger partial charge is 0.481 e. The number of carbonyl (C=O) groups is 2. The molecule has 0 saturated carbocycles. The summed E-state index contributed by atoms with van der Waals surface area (Å²) >= 11 is 0. The third-order valence-corrected chi connectivity index (χ3v) is 6.73. The van der Waals surface area contributed by atoms with Gasteiger partial charge in [-0.1, -0.05) is 63.2 Å². The predicted octanol–water partition coefficient (Wildman–Crippen LogP) is 4.51. The maximum Gasteiger partial charge on any atom is 0.264 e. The third-order valence-electron chi connectivity index (χ3n) is 6.73. The lowest BCUT2D eigenvalue weighted by Crippen LogP contribution is -2.37. The van der Waals surface area contributed by atoms with Gasteiger partial charge in [0.05, 0.1) is 29.8 Å². The van der Waals surface area contributed by atoms with E-state index in [2.05, 4.69) is 20.8 Å². The van der Waals surface area contributed by atoms with Crippen LogP contribution in [0.2, 0.25) is 0 Å². The maximum absolute atomic E-state index is 13.7. The molecule has 0 unspecified atom stereocenters. The summed E-state index contributed by atoms with van der Waals surface area (Å²) < 4.78 is 9.49. The molecule has 7 heteroatoms. The van der Waals surface area contributed by atoms with Gasteiger partial charge in [-0.15, -0.1) is 0 Å². The Balaban J connectivity index is 1.57. The lowest BCUT2D eigenvalue weighted by Gasteiger charge is -2.32. The van der Waals surface area contributed by atoms with E-state index in [0.29, 0.717) is 23.5 Å². The fourth-order valence-corrected chi connectivity index (χ4v) is 4.71. The van der Waals surface area contributed by atoms with E-state index in [1.807, 2.05) is 65.2 Å². The normalized spacial score (nSPS) is 13.6. The van der Waals surface area contributed by atoms with Crippen LogP contribution in [0.15, 0.2) is 66.7 Å². The molecule has 0 saturated heterocycles. The van der Waals surface area contributed by atoms with Gasteiger partial charge in [-0.25, -0.2) is 0 Å². The van der Waals surface area contributed by atoms with Crippen LogP contribution in [0.5, 0.6) is 5.75 Å². The molecular weight excluding hydrogens is 452 g/mol. The molecule has 1 amide bonds. The Hall–Kier alpha value is -4.13. The van der Waals surface area contributed by atoms with E-state index in [9.17, 15) is 9.59 Å². The van der Waals surface area contributed by atoms with Crippen LogP contribution in [0.1, 0.15) is 42.3 Å². The van der Waals surface area contributed by atoms with E-state index in [-0.39, 0.29) is 35.9 Å². The minimum Gasteiger partial charge on any atom is -0.481 e. The molecule has 0 atom stereocenters. The molecule has 1 aliphatic heterocycles. The smallest absolute Gasteiger partial charge is 0.264 e. The molecule has 3 aromatic carbocycles. The molecule has 1 N–H and O–H groups in total. The molecule has 7 nitrogen and oxygen atoms in total. The van der Waals surface area contributed by atoms with Crippen molar-refractivity contribution in [2.45, 2.75) is 39.3 Å². The molecule has 36 heavy (non-hydrogen) atoms. The number of ether oxygens (including phenoxy) is 1. The summed E-state index contributed by atoms with van der Waals surface area (Å²) in [5, 5.41) is 8.93. The average Bonchev–Trinajstić information content (AvgIpc) is 3.11. The number of amides is 1. The standard InChI is InChI=1S/C29H30N4O3/c1-29(2,3)21-14-20(15-24-27(21)36-18-26(35)31(24)4)25(34)17-33-23-13-9-8-12-22(23)32(28(33)30)16-19-10-6-5-7-11-19/h5-15,30H,16-18H2,1-4H3. The summed E-state index contributed by atoms with van der Waals surface area (Å²) in [5.74, 6) is 0.365. The first-order chi connectivity index (χ1) is 17.1. The first-order valence-electron chi connectivity index (χ1n) is 12.0. The molecule has 0 bridgehead atoms. The van der Waals surface area contributed by atoms with Gasteiger partial charge in [0.25, 0.3) is 5.91 Å². The Labute approximate surface area is 210 Å². The predicted molar refractivity (Wildman–Crippen MR) is 140 cm³/mol. The van der Waals surface area contributed by atoms with Crippen molar-refractivity contribution in [2.75, 3.05) is 18.6 Å². The van der Waals surface area contributed by atoms with E-state index in [1.54, 1.807) is 22.6 Å². The van der Waals surface area contributed by atoms with Crippen molar-refractivity contribution >= 4 is 28.4 Å². The van der Waals surface area contributed by atoms with Crippen molar-refractivity contribution in [1.29, 1.82) is 5.41 Å². The quantitative estimate of drug-likeness (QED) is 0.425. The number of para-hydroxylation sites is 2. The number of nitrogens with one attached hydrogen (secondary N) is 1. The fraction of sp³-hybridized carbons (Fsp3) is 0.276. The number of ketones is 1. The summed E-state index contributed by atoms with van der Waals surface area (Å²) in [6, 6.07) is 21.4. The number of carbonyl (C=O) groups excluding carboxylic acids is 2. The third kappa shape index (κ3) is 4.11. The molecule has 184 valence electrons. The van der Waals surface area contributed by atoms with Crippen molar-refractivity contribution in [3.63, 3.8) is 0 Å². The van der Waals surface area contributed by atoms with Gasteiger partial charge in [0.1, 0.15) is 5.75 Å². The van der Waals surface area contributed by atoms with Crippen LogP contribution in [0.3, 0.4) is 0 Å². The molecule has 0 aliphatic carbocycles. The van der Waals surface area contributed by atoms with E-state index >= 15 is 0 Å². The second kappa shape index (κ2) is 8.82. The highest BCUT2D eigenvalue weighted by Gasteiger charge is 2.31. The number of imidazole rings is 1. The van der Waals surface area contributed by atoms with Crippen molar-refractivity contribution in [3.8, 4) is 5.75 Å². The summed E-state index contributed by atoms with van der Waals surface area (Å²) in [7, 11) is 1.71. The SMILES string of the molecule is CN1C(=O)COc2c1cc(C(=O)Cn1c(=N)n(Cc3ccccc3)c3ccccc31)cc2C(C)(C)C. The Bertz CT molecular complexity index is 1540. The zero-order chi connectivity index (χ0) is 25.6. The van der Waals surface area contributed by atoms with E-state index in [4.69, 9.17) is 10.1 Å². The number of fused-ring (bicyclic) bond motifs is 2. The van der Waals surface area contributed by atoms with Crippen LogP contribution < -0.4 is 15.3 Å². The molecule has 4 aromatic rings. The zero-order valence-corrected chi connectivity index (χ0v) is 21.0. The van der Waals surface area contributed by atoms with Crippen molar-refractivity contribution in [2.24, 2.45) is 0 Å². The first-order valence-corrected chi connectivity index (χ1v) is 12.0. The van der Waals surface area contributed by atoms with E-state index in [0.717, 1.165) is 22.2 Å². The maximum atomic E-state index is 13.7. The fourth-order valence-electron chi connectivity index (χ4n) is 4.71. The Morgan fingerprint density at radius 2 is 1.61 bits per heavy atom. The van der Waals surface area contributed by atoms with Crippen molar-refractivity contribution < 1.29 is 14.3 Å². The van der Waals surface area contributed by atoms with Gasteiger partial charge in [0.2, 0.25) is 5.62 Å². The Kier molecular flexibility index (Phi) is 5.79. The Morgan fingerprint density at radius 3 is 2.28 bits per heavy atom. The minimum atomic E-state index is -0.291. The molecule has 1 aromatic heterocycles. The van der Waals surface area contributed by atoms with Crippen LogP contribution >= 0.6 is 0 Å². The van der Waals surface area contributed by atoms with Gasteiger partial charge in [-0.3, -0.25) is 15.0 Å². The second-order valence-corrected chi connectivity index (χ2v) is 10.3. The summed E-state index contributed by atoms with van der Waals surface area (Å²) in [6.07, 6.45) is 0. The molecule has 0 spiro atoms. The van der Waals surface area contributed by atoms with Crippen LogP contribution in [-0.4, -0.2) is 34.5 Å². The second-order valence-electron chi connectivity index (χ2n) is 10.3. The summed E-state index contributed by atoms with van der Waals surface area (Å²) in [5.41, 5.74) is 4.77. The van der Waals surface area contributed by atoms with Crippen molar-refractivity contribution in [3.05, 3.63) is 89.0 Å². The number of hydrogen-bond acceptors (Lipinski definition) is 4. The monoisotopic (exact) mass is 482 g/mol. The number of hydrogen-bond donors (Lipinski definition) is 1. The van der Waals surface area contributed by atoms with E-state index in [1.165, 1.54) is 0 Å². The number of rotatable bonds is 5. The lowest BCUT2D eigenvalue weighted by molar-refractivity contribution is -0.121. The number of benzene rings is 3. The van der Waals surface area contributed by atoms with Gasteiger partial charge in [0.15, 0.2) is 12.4 Å². The number of nitrogens with zero attached hydrogens (tertiary/aromatic N) is 3. The molecular formula is C29H30N4O3. The van der Waals surface area contributed by atoms with Crippen LogP contribution in [-0.2, 0) is 23.3 Å². The average molecular weight is 483 g/mol. The number of likely N-dealkylation sites (N-methyl/N-ethyl adjacent to an activating group) is 1. The molecule has 2 heterocycles. The Morgan fingerprint density at radius 1 is 0.972 bits per heavy atom. The minimum absolute atomic E-state index is 0.0150. The number of anilines is 1. The molecule has 0 radical (unpaired) electrons. The van der Waals surface area contributed by atoms with Gasteiger partial charge >= 0.3 is 0 Å². The van der Waals surface area contributed by atoms with E-state index < -0.39 is 0 Å². The van der Waals surface area contributed by atoms with Gasteiger partial charge in [0, 0.05) is 18.2 Å². The summed E-state index contributed by atoms with van der Waals surface area (Å²) in [4.78, 5) is 27.5. The summed E-state index contributed by atoms with van der Waals surface area (Å²) in [6.45, 7) is 6.72. The highest BCUT2D eigenvalue weighted by molar-refractivity contribution is 6.02.